The van der Waals surface area contributed by atoms with Crippen molar-refractivity contribution in [1.82, 2.24) is 4.90 Å². The van der Waals surface area contributed by atoms with Gasteiger partial charge < -0.3 is 29.0 Å². The Hall–Kier alpha value is -1.41. The van der Waals surface area contributed by atoms with E-state index >= 15 is 0 Å². The van der Waals surface area contributed by atoms with Crippen LogP contribution in [-0.4, -0.2) is 82.4 Å². The van der Waals surface area contributed by atoms with Gasteiger partial charge in [-0.3, -0.25) is 4.79 Å². The SMILES string of the molecule is CCCN1C=CC=CC1.COCCOCCOCCOCCC(=O)O. The molecule has 0 saturated heterocycles. The highest BCUT2D eigenvalue weighted by atomic mass is 16.6. The predicted molar refractivity (Wildman–Crippen MR) is 96.7 cm³/mol. The maximum atomic E-state index is 10.1. The van der Waals surface area contributed by atoms with Crippen LogP contribution in [0.25, 0.3) is 0 Å². The summed E-state index contributed by atoms with van der Waals surface area (Å²) < 4.78 is 20.2. The second kappa shape index (κ2) is 18.9. The minimum absolute atomic E-state index is 0.0279. The Labute approximate surface area is 151 Å². The highest BCUT2D eigenvalue weighted by Crippen LogP contribution is 1.98. The average Bonchev–Trinajstić information content (AvgIpc) is 2.61. The fourth-order valence-electron chi connectivity index (χ4n) is 1.80. The minimum Gasteiger partial charge on any atom is -0.481 e. The van der Waals surface area contributed by atoms with Crippen LogP contribution in [-0.2, 0) is 23.7 Å². The lowest BCUT2D eigenvalue weighted by Crippen LogP contribution is -2.19. The summed E-state index contributed by atoms with van der Waals surface area (Å²) >= 11 is 0. The zero-order valence-corrected chi connectivity index (χ0v) is 15.5. The van der Waals surface area contributed by atoms with Gasteiger partial charge in [0.25, 0.3) is 0 Å². The van der Waals surface area contributed by atoms with Gasteiger partial charge in [0.05, 0.1) is 52.7 Å². The third kappa shape index (κ3) is 18.8. The van der Waals surface area contributed by atoms with E-state index < -0.39 is 5.97 Å². The maximum Gasteiger partial charge on any atom is 0.305 e. The standard InChI is InChI=1S/C10H20O6.C8H13N/c1-13-4-5-15-8-9-16-7-6-14-3-2-10(11)12;1-2-6-9-7-4-3-5-8-9/h2-9H2,1H3,(H,11,12);3-5,7H,2,6,8H2,1H3. The fourth-order valence-corrected chi connectivity index (χ4v) is 1.80. The van der Waals surface area contributed by atoms with Gasteiger partial charge in [-0.05, 0) is 18.7 Å². The lowest BCUT2D eigenvalue weighted by molar-refractivity contribution is -0.138. The molecule has 0 unspecified atom stereocenters. The normalized spacial score (nSPS) is 12.8. The van der Waals surface area contributed by atoms with Gasteiger partial charge in [-0.15, -0.1) is 0 Å². The number of allylic oxidation sites excluding steroid dienone is 2. The molecular weight excluding hydrogens is 326 g/mol. The molecule has 0 fully saturated rings. The van der Waals surface area contributed by atoms with Crippen molar-refractivity contribution in [3.05, 3.63) is 24.4 Å². The topological polar surface area (TPSA) is 77.5 Å². The zero-order valence-electron chi connectivity index (χ0n) is 15.5. The molecule has 1 aliphatic heterocycles. The number of rotatable bonds is 14. The first-order chi connectivity index (χ1) is 12.2. The van der Waals surface area contributed by atoms with Crippen LogP contribution in [0.4, 0.5) is 0 Å². The van der Waals surface area contributed by atoms with Crippen molar-refractivity contribution in [2.75, 3.05) is 66.4 Å². The summed E-state index contributed by atoms with van der Waals surface area (Å²) in [5, 5.41) is 8.32. The summed E-state index contributed by atoms with van der Waals surface area (Å²) in [5.74, 6) is -0.854. The molecule has 0 aromatic heterocycles. The second-order valence-electron chi connectivity index (χ2n) is 5.24. The summed E-state index contributed by atoms with van der Waals surface area (Å²) in [4.78, 5) is 12.4. The molecule has 1 aliphatic rings. The first kappa shape index (κ1) is 23.6. The van der Waals surface area contributed by atoms with Gasteiger partial charge in [-0.2, -0.15) is 0 Å². The Morgan fingerprint density at radius 2 is 1.60 bits per heavy atom. The zero-order chi connectivity index (χ0) is 18.6. The number of aliphatic carboxylic acids is 1. The van der Waals surface area contributed by atoms with E-state index in [1.54, 1.807) is 7.11 Å². The number of nitrogens with zero attached hydrogens (tertiary/aromatic N) is 1. The third-order valence-corrected chi connectivity index (χ3v) is 3.03. The number of ether oxygens (including phenoxy) is 4. The molecular formula is C18H33NO6. The molecule has 0 amide bonds. The van der Waals surface area contributed by atoms with Gasteiger partial charge in [0.2, 0.25) is 0 Å². The molecule has 0 atom stereocenters. The molecule has 0 bridgehead atoms. The number of carboxylic acid groups (broad SMARTS) is 1. The molecule has 1 rings (SSSR count). The monoisotopic (exact) mass is 359 g/mol. The van der Waals surface area contributed by atoms with Crippen LogP contribution in [0.1, 0.15) is 19.8 Å². The van der Waals surface area contributed by atoms with E-state index in [1.165, 1.54) is 13.0 Å². The molecule has 0 aromatic rings. The van der Waals surface area contributed by atoms with Crippen LogP contribution in [0, 0.1) is 0 Å². The quantitative estimate of drug-likeness (QED) is 0.475. The molecule has 25 heavy (non-hydrogen) atoms. The Morgan fingerprint density at radius 1 is 1.00 bits per heavy atom. The number of hydrogen-bond acceptors (Lipinski definition) is 6. The van der Waals surface area contributed by atoms with Gasteiger partial charge in [0, 0.05) is 20.2 Å². The van der Waals surface area contributed by atoms with Crippen molar-refractivity contribution >= 4 is 5.97 Å². The van der Waals surface area contributed by atoms with Gasteiger partial charge >= 0.3 is 5.97 Å². The molecule has 0 spiro atoms. The average molecular weight is 359 g/mol. The third-order valence-electron chi connectivity index (χ3n) is 3.03. The lowest BCUT2D eigenvalue weighted by Gasteiger charge is -2.18. The first-order valence-electron chi connectivity index (χ1n) is 8.72. The van der Waals surface area contributed by atoms with Crippen LogP contribution in [0.2, 0.25) is 0 Å². The van der Waals surface area contributed by atoms with Crippen molar-refractivity contribution in [1.29, 1.82) is 0 Å². The Morgan fingerprint density at radius 3 is 2.08 bits per heavy atom. The molecule has 0 radical (unpaired) electrons. The first-order valence-corrected chi connectivity index (χ1v) is 8.72. The molecule has 7 heteroatoms. The minimum atomic E-state index is -0.854. The maximum absolute atomic E-state index is 10.1. The Kier molecular flexibility index (Phi) is 17.9. The van der Waals surface area contributed by atoms with E-state index in [1.807, 2.05) is 0 Å². The second-order valence-corrected chi connectivity index (χ2v) is 5.24. The van der Waals surface area contributed by atoms with Crippen LogP contribution >= 0.6 is 0 Å². The smallest absolute Gasteiger partial charge is 0.305 e. The molecule has 0 saturated carbocycles. The van der Waals surface area contributed by atoms with Crippen molar-refractivity contribution in [3.63, 3.8) is 0 Å². The van der Waals surface area contributed by atoms with E-state index in [0.717, 1.165) is 6.54 Å². The largest absolute Gasteiger partial charge is 0.481 e. The number of methoxy groups -OCH3 is 1. The van der Waals surface area contributed by atoms with Crippen molar-refractivity contribution in [2.45, 2.75) is 19.8 Å². The van der Waals surface area contributed by atoms with E-state index in [-0.39, 0.29) is 13.0 Å². The number of carboxylic acids is 1. The Balaban J connectivity index is 0.000000535. The van der Waals surface area contributed by atoms with E-state index in [2.05, 4.69) is 36.3 Å². The van der Waals surface area contributed by atoms with Crippen LogP contribution in [0.5, 0.6) is 0 Å². The Bertz CT molecular complexity index is 359. The summed E-state index contributed by atoms with van der Waals surface area (Å²) in [6.07, 6.45) is 9.75. The van der Waals surface area contributed by atoms with Gasteiger partial charge in [0.1, 0.15) is 0 Å². The number of carbonyl (C=O) groups is 1. The van der Waals surface area contributed by atoms with Crippen LogP contribution in [0.3, 0.4) is 0 Å². The fraction of sp³-hybridized carbons (Fsp3) is 0.722. The van der Waals surface area contributed by atoms with Gasteiger partial charge in [-0.25, -0.2) is 0 Å². The van der Waals surface area contributed by atoms with Crippen molar-refractivity contribution < 1.29 is 28.8 Å². The van der Waals surface area contributed by atoms with Gasteiger partial charge in [0.15, 0.2) is 0 Å². The van der Waals surface area contributed by atoms with Crippen molar-refractivity contribution in [3.8, 4) is 0 Å². The molecule has 0 aromatic carbocycles. The van der Waals surface area contributed by atoms with Crippen LogP contribution < -0.4 is 0 Å². The summed E-state index contributed by atoms with van der Waals surface area (Å²) in [5.41, 5.74) is 0. The number of hydrogen-bond donors (Lipinski definition) is 1. The molecule has 0 aliphatic carbocycles. The lowest BCUT2D eigenvalue weighted by atomic mass is 10.3. The van der Waals surface area contributed by atoms with E-state index in [4.69, 9.17) is 24.1 Å². The summed E-state index contributed by atoms with van der Waals surface area (Å²) in [7, 11) is 1.62. The summed E-state index contributed by atoms with van der Waals surface area (Å²) in [6.45, 7) is 7.73. The molecule has 146 valence electrons. The predicted octanol–water partition coefficient (Wildman–Crippen LogP) is 1.94. The molecule has 1 N–H and O–H groups in total. The van der Waals surface area contributed by atoms with E-state index in [9.17, 15) is 4.79 Å². The summed E-state index contributed by atoms with van der Waals surface area (Å²) in [6, 6.07) is 0. The molecule has 7 nitrogen and oxygen atoms in total. The molecule has 1 heterocycles. The van der Waals surface area contributed by atoms with Crippen LogP contribution in [0.15, 0.2) is 24.4 Å². The highest BCUT2D eigenvalue weighted by Gasteiger charge is 1.96. The van der Waals surface area contributed by atoms with Gasteiger partial charge in [-0.1, -0.05) is 19.1 Å². The van der Waals surface area contributed by atoms with Crippen molar-refractivity contribution in [2.24, 2.45) is 0 Å². The van der Waals surface area contributed by atoms with E-state index in [0.29, 0.717) is 39.6 Å². The highest BCUT2D eigenvalue weighted by molar-refractivity contribution is 5.66.